The maximum Gasteiger partial charge on any atom is 0.509 e. The zero-order valence-electron chi connectivity index (χ0n) is 7.07. The fraction of sp³-hybridized carbons (Fsp3) is 0.857. The third-order valence-electron chi connectivity index (χ3n) is 2.28. The zero-order valence-corrected chi connectivity index (χ0v) is 7.07. The average Bonchev–Trinajstić information content (AvgIpc) is 2.54. The van der Waals surface area contributed by atoms with E-state index in [1.807, 2.05) is 0 Å². The Morgan fingerprint density at radius 1 is 1.21 bits per heavy atom. The van der Waals surface area contributed by atoms with Crippen molar-refractivity contribution in [3.05, 3.63) is 0 Å². The van der Waals surface area contributed by atoms with E-state index in [2.05, 4.69) is 9.47 Å². The molecule has 2 aliphatic heterocycles. The molecule has 0 aromatic heterocycles. The van der Waals surface area contributed by atoms with E-state index < -0.39 is 43.5 Å². The highest BCUT2D eigenvalue weighted by Gasteiger charge is 2.53. The highest BCUT2D eigenvalue weighted by Crippen LogP contribution is 2.29. The molecule has 0 radical (unpaired) electrons. The molecule has 80 valence electrons. The highest BCUT2D eigenvalue weighted by atomic mass is 16.8. The maximum atomic E-state index is 10.7. The lowest BCUT2D eigenvalue weighted by Crippen LogP contribution is -2.57. The van der Waals surface area contributed by atoms with Crippen LogP contribution in [0.25, 0.3) is 0 Å². The molecule has 2 fully saturated rings. The number of carbonyl (C=O) groups excluding carboxylic acids is 1. The monoisotopic (exact) mass is 206 g/mol. The standard InChI is InChI=1S/C7H10O7/c8-1-2-3(9)4-5(6(10)12-2)14-7(11)13-4/h2-6,8-10H,1H2/t2-,3-,4-,5-,6+/m1/s1. The lowest BCUT2D eigenvalue weighted by molar-refractivity contribution is -0.261. The van der Waals surface area contributed by atoms with Crippen molar-refractivity contribution in [1.29, 1.82) is 0 Å². The summed E-state index contributed by atoms with van der Waals surface area (Å²) in [6, 6.07) is 0. The molecule has 0 amide bonds. The first-order valence-corrected chi connectivity index (χ1v) is 4.13. The molecule has 0 aromatic carbocycles. The van der Waals surface area contributed by atoms with Crippen molar-refractivity contribution in [2.45, 2.75) is 30.7 Å². The first-order chi connectivity index (χ1) is 6.63. The van der Waals surface area contributed by atoms with Gasteiger partial charge in [0.1, 0.15) is 12.2 Å². The van der Waals surface area contributed by atoms with Gasteiger partial charge in [-0.05, 0) is 0 Å². The fourth-order valence-electron chi connectivity index (χ4n) is 1.57. The zero-order chi connectivity index (χ0) is 10.3. The Bertz CT molecular complexity index is 242. The lowest BCUT2D eigenvalue weighted by Gasteiger charge is -2.35. The van der Waals surface area contributed by atoms with Gasteiger partial charge in [0.25, 0.3) is 0 Å². The van der Waals surface area contributed by atoms with Gasteiger partial charge in [0.2, 0.25) is 0 Å². The molecule has 14 heavy (non-hydrogen) atoms. The molecule has 5 atom stereocenters. The van der Waals surface area contributed by atoms with Crippen LogP contribution >= 0.6 is 0 Å². The Balaban J connectivity index is 2.15. The van der Waals surface area contributed by atoms with Gasteiger partial charge in [0.15, 0.2) is 18.5 Å². The summed E-state index contributed by atoms with van der Waals surface area (Å²) in [4.78, 5) is 10.7. The van der Waals surface area contributed by atoms with Crippen molar-refractivity contribution in [1.82, 2.24) is 0 Å². The number of hydrogen-bond acceptors (Lipinski definition) is 7. The van der Waals surface area contributed by atoms with Crippen LogP contribution in [0.4, 0.5) is 4.79 Å². The minimum atomic E-state index is -1.38. The van der Waals surface area contributed by atoms with Gasteiger partial charge < -0.3 is 29.5 Å². The molecular formula is C7H10O7. The number of aliphatic hydroxyl groups excluding tert-OH is 3. The van der Waals surface area contributed by atoms with Crippen molar-refractivity contribution in [3.63, 3.8) is 0 Å². The van der Waals surface area contributed by atoms with Gasteiger partial charge in [-0.3, -0.25) is 0 Å². The molecular weight excluding hydrogens is 196 g/mol. The van der Waals surface area contributed by atoms with E-state index in [-0.39, 0.29) is 0 Å². The van der Waals surface area contributed by atoms with E-state index >= 15 is 0 Å². The Hall–Kier alpha value is -0.890. The van der Waals surface area contributed by atoms with Crippen LogP contribution in [0, 0.1) is 0 Å². The van der Waals surface area contributed by atoms with E-state index in [0.717, 1.165) is 0 Å². The number of ether oxygens (including phenoxy) is 3. The van der Waals surface area contributed by atoms with E-state index in [1.54, 1.807) is 0 Å². The van der Waals surface area contributed by atoms with Crippen LogP contribution in [0.5, 0.6) is 0 Å². The summed E-state index contributed by atoms with van der Waals surface area (Å²) in [5.41, 5.74) is 0. The van der Waals surface area contributed by atoms with Crippen molar-refractivity contribution in [2.24, 2.45) is 0 Å². The van der Waals surface area contributed by atoms with Gasteiger partial charge in [-0.15, -0.1) is 0 Å². The molecule has 2 saturated heterocycles. The van der Waals surface area contributed by atoms with E-state index in [1.165, 1.54) is 0 Å². The average molecular weight is 206 g/mol. The van der Waals surface area contributed by atoms with Crippen molar-refractivity contribution < 1.29 is 34.3 Å². The molecule has 2 rings (SSSR count). The summed E-state index contributed by atoms with van der Waals surface area (Å²) in [6.07, 6.45) is -6.52. The molecule has 2 heterocycles. The van der Waals surface area contributed by atoms with E-state index in [9.17, 15) is 15.0 Å². The van der Waals surface area contributed by atoms with Crippen LogP contribution in [0.3, 0.4) is 0 Å². The largest absolute Gasteiger partial charge is 0.509 e. The van der Waals surface area contributed by atoms with Crippen molar-refractivity contribution in [3.8, 4) is 0 Å². The van der Waals surface area contributed by atoms with Crippen molar-refractivity contribution in [2.75, 3.05) is 6.61 Å². The molecule has 7 heteroatoms. The topological polar surface area (TPSA) is 105 Å². The molecule has 3 N–H and O–H groups in total. The van der Waals surface area contributed by atoms with Gasteiger partial charge in [-0.2, -0.15) is 0 Å². The van der Waals surface area contributed by atoms with Crippen LogP contribution in [0.2, 0.25) is 0 Å². The number of rotatable bonds is 1. The highest BCUT2D eigenvalue weighted by molar-refractivity contribution is 5.62. The molecule has 0 unspecified atom stereocenters. The minimum absolute atomic E-state index is 0.473. The molecule has 0 spiro atoms. The quantitative estimate of drug-likeness (QED) is 0.424. The molecule has 0 aromatic rings. The second-order valence-electron chi connectivity index (χ2n) is 3.15. The minimum Gasteiger partial charge on any atom is -0.424 e. The third kappa shape index (κ3) is 1.34. The van der Waals surface area contributed by atoms with Gasteiger partial charge >= 0.3 is 6.16 Å². The first-order valence-electron chi connectivity index (χ1n) is 4.13. The Kier molecular flexibility index (Phi) is 2.31. The predicted molar refractivity (Wildman–Crippen MR) is 39.1 cm³/mol. The molecule has 0 bridgehead atoms. The molecule has 0 saturated carbocycles. The van der Waals surface area contributed by atoms with Crippen LogP contribution in [0.15, 0.2) is 0 Å². The first kappa shape index (κ1) is 9.66. The van der Waals surface area contributed by atoms with Gasteiger partial charge in [0, 0.05) is 0 Å². The van der Waals surface area contributed by atoms with Crippen LogP contribution < -0.4 is 0 Å². The summed E-state index contributed by atoms with van der Waals surface area (Å²) >= 11 is 0. The Morgan fingerprint density at radius 3 is 2.50 bits per heavy atom. The van der Waals surface area contributed by atoms with Gasteiger partial charge in [-0.1, -0.05) is 0 Å². The summed E-state index contributed by atoms with van der Waals surface area (Å²) in [5.74, 6) is 0. The summed E-state index contributed by atoms with van der Waals surface area (Å²) in [6.45, 7) is -0.473. The van der Waals surface area contributed by atoms with Crippen LogP contribution in [-0.4, -0.2) is 58.8 Å². The SMILES string of the molecule is O=C1O[C@@H]2[C@H](O)[C@@H](CO)O[C@H](O)[C@@H]2O1. The number of aliphatic hydroxyl groups is 3. The van der Waals surface area contributed by atoms with Gasteiger partial charge in [0.05, 0.1) is 6.61 Å². The van der Waals surface area contributed by atoms with E-state index in [0.29, 0.717) is 0 Å². The fourth-order valence-corrected chi connectivity index (χ4v) is 1.57. The summed E-state index contributed by atoms with van der Waals surface area (Å²) in [7, 11) is 0. The summed E-state index contributed by atoms with van der Waals surface area (Å²) in [5, 5.41) is 27.6. The second-order valence-corrected chi connectivity index (χ2v) is 3.15. The Morgan fingerprint density at radius 2 is 1.86 bits per heavy atom. The van der Waals surface area contributed by atoms with Crippen LogP contribution in [0.1, 0.15) is 0 Å². The maximum absolute atomic E-state index is 10.7. The Labute approximate surface area is 78.8 Å². The van der Waals surface area contributed by atoms with E-state index in [4.69, 9.17) is 9.84 Å². The predicted octanol–water partition coefficient (Wildman–Crippen LogP) is -2.04. The van der Waals surface area contributed by atoms with Crippen molar-refractivity contribution >= 4 is 6.16 Å². The van der Waals surface area contributed by atoms with Gasteiger partial charge in [-0.25, -0.2) is 4.79 Å². The molecule has 2 aliphatic rings. The normalized spacial score (nSPS) is 46.8. The number of hydrogen-bond donors (Lipinski definition) is 3. The lowest BCUT2D eigenvalue weighted by atomic mass is 10.00. The summed E-state index contributed by atoms with van der Waals surface area (Å²) < 4.78 is 14.0. The smallest absolute Gasteiger partial charge is 0.424 e. The second kappa shape index (κ2) is 3.35. The third-order valence-corrected chi connectivity index (χ3v) is 2.28. The molecule has 0 aliphatic carbocycles. The number of carbonyl (C=O) groups is 1. The van der Waals surface area contributed by atoms with Crippen LogP contribution in [-0.2, 0) is 14.2 Å². The number of fused-ring (bicyclic) bond motifs is 1. The molecule has 7 nitrogen and oxygen atoms in total.